The first-order valence-electron chi connectivity index (χ1n) is 8.75. The molecule has 0 amide bonds. The number of unbranched alkanes of at least 4 members (excludes halogenated alkanes) is 9. The van der Waals surface area contributed by atoms with Crippen LogP contribution in [0.1, 0.15) is 76.7 Å². The van der Waals surface area contributed by atoms with Gasteiger partial charge in [-0.25, -0.2) is 0 Å². The molecule has 2 heteroatoms. The minimum atomic E-state index is 0.706. The van der Waals surface area contributed by atoms with Crippen molar-refractivity contribution in [1.29, 1.82) is 0 Å². The number of nitrogens with two attached hydrogens (primary N) is 1. The lowest BCUT2D eigenvalue weighted by Crippen LogP contribution is -1.96. The van der Waals surface area contributed by atoms with Gasteiger partial charge >= 0.3 is 0 Å². The highest BCUT2D eigenvalue weighted by Crippen LogP contribution is 2.11. The van der Waals surface area contributed by atoms with Gasteiger partial charge in [0.05, 0.1) is 6.61 Å². The van der Waals surface area contributed by atoms with Crippen molar-refractivity contribution in [2.24, 2.45) is 0 Å². The number of anilines is 1. The standard InChI is InChI=1S/C19H33NO/c1-2-3-4-5-6-7-8-9-10-11-16-21-17-18-12-14-19(20)15-13-18/h12-15H,2-11,16-17,20H2,1H3. The third-order valence-electron chi connectivity index (χ3n) is 3.89. The van der Waals surface area contributed by atoms with Crippen LogP contribution in [-0.2, 0) is 11.3 Å². The molecule has 2 nitrogen and oxygen atoms in total. The molecule has 0 aliphatic heterocycles. The van der Waals surface area contributed by atoms with Gasteiger partial charge in [0.2, 0.25) is 0 Å². The van der Waals surface area contributed by atoms with Crippen LogP contribution in [0.4, 0.5) is 5.69 Å². The highest BCUT2D eigenvalue weighted by Gasteiger charge is 1.95. The number of nitrogen functional groups attached to an aromatic ring is 1. The van der Waals surface area contributed by atoms with Crippen LogP contribution < -0.4 is 5.73 Å². The summed E-state index contributed by atoms with van der Waals surface area (Å²) in [6.07, 6.45) is 13.7. The normalized spacial score (nSPS) is 10.9. The van der Waals surface area contributed by atoms with Gasteiger partial charge in [-0.1, -0.05) is 76.8 Å². The Morgan fingerprint density at radius 2 is 1.29 bits per heavy atom. The number of benzene rings is 1. The molecule has 2 N–H and O–H groups in total. The van der Waals surface area contributed by atoms with E-state index in [2.05, 4.69) is 6.92 Å². The second kappa shape index (κ2) is 12.7. The van der Waals surface area contributed by atoms with Crippen LogP contribution in [0.2, 0.25) is 0 Å². The van der Waals surface area contributed by atoms with Crippen LogP contribution in [-0.4, -0.2) is 6.61 Å². The van der Waals surface area contributed by atoms with Crippen molar-refractivity contribution in [3.8, 4) is 0 Å². The van der Waals surface area contributed by atoms with Crippen molar-refractivity contribution in [2.75, 3.05) is 12.3 Å². The summed E-state index contributed by atoms with van der Waals surface area (Å²) in [4.78, 5) is 0. The summed E-state index contributed by atoms with van der Waals surface area (Å²) >= 11 is 0. The third-order valence-corrected chi connectivity index (χ3v) is 3.89. The number of hydrogen-bond donors (Lipinski definition) is 1. The molecule has 1 aromatic carbocycles. The van der Waals surface area contributed by atoms with Crippen molar-refractivity contribution in [2.45, 2.75) is 77.7 Å². The molecule has 0 atom stereocenters. The zero-order valence-electron chi connectivity index (χ0n) is 13.8. The summed E-state index contributed by atoms with van der Waals surface area (Å²) in [6, 6.07) is 7.93. The molecule has 0 aliphatic carbocycles. The molecule has 1 rings (SSSR count). The first kappa shape index (κ1) is 18.0. The predicted octanol–water partition coefficient (Wildman–Crippen LogP) is 5.71. The maximum absolute atomic E-state index is 5.69. The molecule has 21 heavy (non-hydrogen) atoms. The van der Waals surface area contributed by atoms with E-state index in [9.17, 15) is 0 Å². The molecule has 0 radical (unpaired) electrons. The lowest BCUT2D eigenvalue weighted by molar-refractivity contribution is 0.116. The fraction of sp³-hybridized carbons (Fsp3) is 0.684. The third kappa shape index (κ3) is 10.4. The Labute approximate surface area is 131 Å². The van der Waals surface area contributed by atoms with Crippen LogP contribution in [0, 0.1) is 0 Å². The van der Waals surface area contributed by atoms with E-state index in [1.54, 1.807) is 0 Å². The van der Waals surface area contributed by atoms with Crippen LogP contribution in [0.3, 0.4) is 0 Å². The zero-order chi connectivity index (χ0) is 15.2. The van der Waals surface area contributed by atoms with Crippen molar-refractivity contribution >= 4 is 5.69 Å². The number of rotatable bonds is 13. The molecule has 0 heterocycles. The van der Waals surface area contributed by atoms with Gasteiger partial charge in [0.25, 0.3) is 0 Å². The first-order chi connectivity index (χ1) is 10.3. The molecule has 0 spiro atoms. The Hall–Kier alpha value is -1.02. The van der Waals surface area contributed by atoms with Crippen molar-refractivity contribution in [1.82, 2.24) is 0 Å². The molecule has 1 aromatic rings. The fourth-order valence-electron chi connectivity index (χ4n) is 2.50. The number of ether oxygens (including phenoxy) is 1. The quantitative estimate of drug-likeness (QED) is 0.373. The summed E-state index contributed by atoms with van der Waals surface area (Å²) in [6.45, 7) is 3.86. The summed E-state index contributed by atoms with van der Waals surface area (Å²) in [7, 11) is 0. The Morgan fingerprint density at radius 3 is 1.86 bits per heavy atom. The molecule has 0 aliphatic rings. The van der Waals surface area contributed by atoms with E-state index in [4.69, 9.17) is 10.5 Å². The van der Waals surface area contributed by atoms with Crippen molar-refractivity contribution < 1.29 is 4.74 Å². The van der Waals surface area contributed by atoms with Gasteiger partial charge in [0.15, 0.2) is 0 Å². The average molecular weight is 291 g/mol. The number of hydrogen-bond acceptors (Lipinski definition) is 2. The summed E-state index contributed by atoms with van der Waals surface area (Å²) in [5.74, 6) is 0. The van der Waals surface area contributed by atoms with Gasteiger partial charge in [-0.3, -0.25) is 0 Å². The second-order valence-electron chi connectivity index (χ2n) is 5.98. The van der Waals surface area contributed by atoms with Gasteiger partial charge in [0, 0.05) is 12.3 Å². The Kier molecular flexibility index (Phi) is 10.9. The zero-order valence-corrected chi connectivity index (χ0v) is 13.8. The van der Waals surface area contributed by atoms with E-state index in [1.165, 1.54) is 69.8 Å². The molecule has 0 saturated carbocycles. The topological polar surface area (TPSA) is 35.2 Å². The highest BCUT2D eigenvalue weighted by atomic mass is 16.5. The first-order valence-corrected chi connectivity index (χ1v) is 8.75. The second-order valence-corrected chi connectivity index (χ2v) is 5.98. The van der Waals surface area contributed by atoms with Gasteiger partial charge in [-0.15, -0.1) is 0 Å². The van der Waals surface area contributed by atoms with Gasteiger partial charge < -0.3 is 10.5 Å². The molecular formula is C19H33NO. The summed E-state index contributed by atoms with van der Waals surface area (Å²) in [5, 5.41) is 0. The minimum absolute atomic E-state index is 0.706. The Morgan fingerprint density at radius 1 is 0.762 bits per heavy atom. The van der Waals surface area contributed by atoms with Crippen LogP contribution >= 0.6 is 0 Å². The van der Waals surface area contributed by atoms with E-state index in [1.807, 2.05) is 24.3 Å². The molecule has 0 fully saturated rings. The van der Waals surface area contributed by atoms with Crippen LogP contribution in [0.15, 0.2) is 24.3 Å². The van der Waals surface area contributed by atoms with E-state index >= 15 is 0 Å². The molecule has 0 bridgehead atoms. The summed E-state index contributed by atoms with van der Waals surface area (Å²) in [5.41, 5.74) is 7.67. The van der Waals surface area contributed by atoms with E-state index in [0.29, 0.717) is 6.61 Å². The Bertz CT molecular complexity index is 334. The van der Waals surface area contributed by atoms with E-state index in [-0.39, 0.29) is 0 Å². The SMILES string of the molecule is CCCCCCCCCCCCOCc1ccc(N)cc1. The van der Waals surface area contributed by atoms with E-state index < -0.39 is 0 Å². The fourth-order valence-corrected chi connectivity index (χ4v) is 2.50. The summed E-state index contributed by atoms with van der Waals surface area (Å²) < 4.78 is 5.69. The maximum atomic E-state index is 5.69. The molecular weight excluding hydrogens is 258 g/mol. The predicted molar refractivity (Wildman–Crippen MR) is 92.4 cm³/mol. The van der Waals surface area contributed by atoms with E-state index in [0.717, 1.165) is 12.3 Å². The molecule has 0 unspecified atom stereocenters. The smallest absolute Gasteiger partial charge is 0.0716 e. The van der Waals surface area contributed by atoms with Gasteiger partial charge in [0.1, 0.15) is 0 Å². The van der Waals surface area contributed by atoms with Crippen molar-refractivity contribution in [3.63, 3.8) is 0 Å². The van der Waals surface area contributed by atoms with Gasteiger partial charge in [-0.2, -0.15) is 0 Å². The van der Waals surface area contributed by atoms with Crippen LogP contribution in [0.5, 0.6) is 0 Å². The van der Waals surface area contributed by atoms with Crippen LogP contribution in [0.25, 0.3) is 0 Å². The largest absolute Gasteiger partial charge is 0.399 e. The van der Waals surface area contributed by atoms with Crippen molar-refractivity contribution in [3.05, 3.63) is 29.8 Å². The highest BCUT2D eigenvalue weighted by molar-refractivity contribution is 5.39. The maximum Gasteiger partial charge on any atom is 0.0716 e. The lowest BCUT2D eigenvalue weighted by Gasteiger charge is -2.05. The minimum Gasteiger partial charge on any atom is -0.399 e. The molecule has 120 valence electrons. The lowest BCUT2D eigenvalue weighted by atomic mass is 10.1. The average Bonchev–Trinajstić information content (AvgIpc) is 2.50. The monoisotopic (exact) mass is 291 g/mol. The molecule has 0 saturated heterocycles. The Balaban J connectivity index is 1.81. The molecule has 0 aromatic heterocycles. The van der Waals surface area contributed by atoms with Gasteiger partial charge in [-0.05, 0) is 24.1 Å².